The summed E-state index contributed by atoms with van der Waals surface area (Å²) in [6.45, 7) is 7.36. The second-order valence-electron chi connectivity index (χ2n) is 9.59. The van der Waals surface area contributed by atoms with Gasteiger partial charge in [0, 0.05) is 23.1 Å². The Morgan fingerprint density at radius 2 is 1.60 bits per heavy atom. The van der Waals surface area contributed by atoms with E-state index < -0.39 is 28.5 Å². The zero-order valence-corrected chi connectivity index (χ0v) is 25.5. The molecule has 0 saturated carbocycles. The molecule has 0 radical (unpaired) electrons. The number of carbonyl (C=O) groups excluding carboxylic acids is 2. The van der Waals surface area contributed by atoms with Gasteiger partial charge in [-0.25, -0.2) is 8.42 Å². The van der Waals surface area contributed by atoms with Crippen molar-refractivity contribution in [3.63, 3.8) is 0 Å². The largest absolute Gasteiger partial charge is 0.354 e. The summed E-state index contributed by atoms with van der Waals surface area (Å²) in [5.41, 5.74) is 2.55. The highest BCUT2D eigenvalue weighted by molar-refractivity contribution is 7.92. The minimum atomic E-state index is -4.18. The van der Waals surface area contributed by atoms with Gasteiger partial charge in [0.15, 0.2) is 0 Å². The number of sulfonamides is 1. The Morgan fingerprint density at radius 1 is 0.925 bits per heavy atom. The molecule has 0 aromatic heterocycles. The first-order chi connectivity index (χ1) is 19.0. The van der Waals surface area contributed by atoms with Crippen LogP contribution in [-0.2, 0) is 26.2 Å². The lowest BCUT2D eigenvalue weighted by Crippen LogP contribution is -2.52. The molecule has 0 heterocycles. The number of nitrogens with zero attached hydrogens (tertiary/aromatic N) is 2. The van der Waals surface area contributed by atoms with Gasteiger partial charge in [0.1, 0.15) is 12.6 Å². The monoisotopic (exact) mass is 603 g/mol. The fourth-order valence-corrected chi connectivity index (χ4v) is 5.98. The van der Waals surface area contributed by atoms with Crippen molar-refractivity contribution in [2.45, 2.75) is 58.0 Å². The number of carbonyl (C=O) groups is 2. The average Bonchev–Trinajstić information content (AvgIpc) is 2.93. The summed E-state index contributed by atoms with van der Waals surface area (Å²) >= 11 is 12.8. The van der Waals surface area contributed by atoms with Crippen molar-refractivity contribution in [1.82, 2.24) is 10.2 Å². The molecule has 0 aliphatic rings. The number of amides is 2. The summed E-state index contributed by atoms with van der Waals surface area (Å²) in [7, 11) is -4.18. The van der Waals surface area contributed by atoms with Crippen LogP contribution in [0.3, 0.4) is 0 Å². The first kappa shape index (κ1) is 31.5. The fraction of sp³-hybridized carbons (Fsp3) is 0.333. The molecule has 3 rings (SSSR count). The van der Waals surface area contributed by atoms with E-state index in [1.807, 2.05) is 27.7 Å². The summed E-state index contributed by atoms with van der Waals surface area (Å²) in [6.07, 6.45) is 1.06. The molecular weight excluding hydrogens is 569 g/mol. The highest BCUT2D eigenvalue weighted by atomic mass is 35.5. The molecule has 7 nitrogen and oxygen atoms in total. The standard InChI is InChI=1S/C30H35Cl2N3O4S/c1-5-17-33-30(37)28(6-2)34(19-23-9-7-8-10-26(23)31)29(36)20-35(24-14-13-22(4)27(32)18-24)40(38,39)25-15-11-21(3)12-16-25/h7-16,18,28H,5-6,17,19-20H2,1-4H3,(H,33,37)/t28-/m1/s1. The summed E-state index contributed by atoms with van der Waals surface area (Å²) in [4.78, 5) is 28.7. The number of nitrogens with one attached hydrogen (secondary N) is 1. The Morgan fingerprint density at radius 3 is 2.20 bits per heavy atom. The van der Waals surface area contributed by atoms with E-state index in [0.29, 0.717) is 28.6 Å². The molecule has 10 heteroatoms. The van der Waals surface area contributed by atoms with Gasteiger partial charge in [-0.05, 0) is 68.1 Å². The second kappa shape index (κ2) is 14.0. The predicted molar refractivity (Wildman–Crippen MR) is 161 cm³/mol. The lowest BCUT2D eigenvalue weighted by molar-refractivity contribution is -0.140. The number of aryl methyl sites for hydroxylation is 2. The summed E-state index contributed by atoms with van der Waals surface area (Å²) in [6, 6.07) is 17.5. The summed E-state index contributed by atoms with van der Waals surface area (Å²) in [5.74, 6) is -0.859. The van der Waals surface area contributed by atoms with E-state index in [2.05, 4.69) is 5.32 Å². The van der Waals surface area contributed by atoms with Crippen molar-refractivity contribution < 1.29 is 18.0 Å². The number of hydrogen-bond donors (Lipinski definition) is 1. The molecule has 0 spiro atoms. The minimum absolute atomic E-state index is 0.0314. The Balaban J connectivity index is 2.09. The zero-order chi connectivity index (χ0) is 29.4. The SMILES string of the molecule is CCCNC(=O)[C@@H](CC)N(Cc1ccccc1Cl)C(=O)CN(c1ccc(C)c(Cl)c1)S(=O)(=O)c1ccc(C)cc1. The van der Waals surface area contributed by atoms with Gasteiger partial charge >= 0.3 is 0 Å². The molecule has 214 valence electrons. The highest BCUT2D eigenvalue weighted by Crippen LogP contribution is 2.29. The van der Waals surface area contributed by atoms with Crippen molar-refractivity contribution in [2.24, 2.45) is 0 Å². The highest BCUT2D eigenvalue weighted by Gasteiger charge is 2.34. The molecule has 2 amide bonds. The third-order valence-corrected chi connectivity index (χ3v) is 9.13. The van der Waals surface area contributed by atoms with Crippen molar-refractivity contribution in [3.05, 3.63) is 93.5 Å². The molecule has 0 bridgehead atoms. The van der Waals surface area contributed by atoms with Crippen molar-refractivity contribution in [1.29, 1.82) is 0 Å². The molecule has 1 N–H and O–H groups in total. The molecule has 1 atom stereocenters. The predicted octanol–water partition coefficient (Wildman–Crippen LogP) is 6.14. The van der Waals surface area contributed by atoms with Gasteiger partial charge in [0.2, 0.25) is 11.8 Å². The first-order valence-corrected chi connectivity index (χ1v) is 15.3. The maximum absolute atomic E-state index is 14.1. The fourth-order valence-electron chi connectivity index (χ4n) is 4.20. The third kappa shape index (κ3) is 7.56. The molecule has 0 saturated heterocycles. The van der Waals surface area contributed by atoms with E-state index in [-0.39, 0.29) is 23.0 Å². The van der Waals surface area contributed by atoms with Crippen LogP contribution in [0.4, 0.5) is 5.69 Å². The van der Waals surface area contributed by atoms with Gasteiger partial charge in [-0.3, -0.25) is 13.9 Å². The van der Waals surface area contributed by atoms with E-state index in [1.54, 1.807) is 48.5 Å². The van der Waals surface area contributed by atoms with Gasteiger partial charge in [0.25, 0.3) is 10.0 Å². The lowest BCUT2D eigenvalue weighted by atomic mass is 10.1. The van der Waals surface area contributed by atoms with Crippen LogP contribution in [0.5, 0.6) is 0 Å². The van der Waals surface area contributed by atoms with Crippen LogP contribution in [0.2, 0.25) is 10.0 Å². The smallest absolute Gasteiger partial charge is 0.264 e. The number of rotatable bonds is 12. The summed E-state index contributed by atoms with van der Waals surface area (Å²) < 4.78 is 28.9. The Labute approximate surface area is 247 Å². The molecule has 0 unspecified atom stereocenters. The number of benzene rings is 3. The zero-order valence-electron chi connectivity index (χ0n) is 23.2. The molecule has 40 heavy (non-hydrogen) atoms. The maximum atomic E-state index is 14.1. The van der Waals surface area contributed by atoms with E-state index in [9.17, 15) is 18.0 Å². The molecule has 0 aliphatic carbocycles. The first-order valence-electron chi connectivity index (χ1n) is 13.2. The van der Waals surface area contributed by atoms with E-state index in [1.165, 1.54) is 23.1 Å². The van der Waals surface area contributed by atoms with E-state index >= 15 is 0 Å². The van der Waals surface area contributed by atoms with Crippen LogP contribution < -0.4 is 9.62 Å². The van der Waals surface area contributed by atoms with Crippen LogP contribution >= 0.6 is 23.2 Å². The molecule has 0 fully saturated rings. The van der Waals surface area contributed by atoms with Crippen LogP contribution in [0.25, 0.3) is 0 Å². The van der Waals surface area contributed by atoms with Crippen LogP contribution in [0.15, 0.2) is 71.6 Å². The van der Waals surface area contributed by atoms with Crippen molar-refractivity contribution in [3.8, 4) is 0 Å². The van der Waals surface area contributed by atoms with Gasteiger partial charge in [0.05, 0.1) is 10.6 Å². The van der Waals surface area contributed by atoms with Gasteiger partial charge in [-0.15, -0.1) is 0 Å². The summed E-state index contributed by atoms with van der Waals surface area (Å²) in [5, 5.41) is 3.68. The normalized spacial score (nSPS) is 12.1. The van der Waals surface area contributed by atoms with Crippen LogP contribution in [0, 0.1) is 13.8 Å². The maximum Gasteiger partial charge on any atom is 0.264 e. The van der Waals surface area contributed by atoms with Crippen molar-refractivity contribution in [2.75, 3.05) is 17.4 Å². The molecular formula is C30H35Cl2N3O4S. The Hall–Kier alpha value is -3.07. The van der Waals surface area contributed by atoms with Gasteiger partial charge in [-0.2, -0.15) is 0 Å². The quantitative estimate of drug-likeness (QED) is 0.269. The van der Waals surface area contributed by atoms with Crippen LogP contribution in [-0.4, -0.2) is 44.3 Å². The second-order valence-corrected chi connectivity index (χ2v) is 12.3. The van der Waals surface area contributed by atoms with Gasteiger partial charge < -0.3 is 10.2 Å². The minimum Gasteiger partial charge on any atom is -0.354 e. The van der Waals surface area contributed by atoms with Gasteiger partial charge in [-0.1, -0.05) is 79.0 Å². The van der Waals surface area contributed by atoms with E-state index in [4.69, 9.17) is 23.2 Å². The van der Waals surface area contributed by atoms with Crippen LogP contribution in [0.1, 0.15) is 43.4 Å². The molecule has 0 aliphatic heterocycles. The third-order valence-electron chi connectivity index (χ3n) is 6.56. The number of halogens is 2. The lowest BCUT2D eigenvalue weighted by Gasteiger charge is -2.33. The number of anilines is 1. The average molecular weight is 605 g/mol. The Kier molecular flexibility index (Phi) is 11.0. The van der Waals surface area contributed by atoms with E-state index in [0.717, 1.165) is 21.9 Å². The van der Waals surface area contributed by atoms with Crippen molar-refractivity contribution >= 4 is 50.7 Å². The molecule has 3 aromatic rings. The Bertz CT molecular complexity index is 1450. The number of hydrogen-bond acceptors (Lipinski definition) is 4. The topological polar surface area (TPSA) is 86.8 Å². The molecule has 3 aromatic carbocycles.